The smallest absolute Gasteiger partial charge is 0.333 e. The van der Waals surface area contributed by atoms with E-state index in [0.29, 0.717) is 18.6 Å². The number of hydrogen-bond donors (Lipinski definition) is 0. The number of ether oxygens (including phenoxy) is 2. The van der Waals surface area contributed by atoms with Crippen molar-refractivity contribution in [1.29, 1.82) is 0 Å². The van der Waals surface area contributed by atoms with Crippen LogP contribution in [-0.2, 0) is 19.1 Å². The Morgan fingerprint density at radius 3 is 2.87 bits per heavy atom. The number of carbonyl (C=O) groups is 2. The molecule has 1 rings (SSSR count). The molecule has 84 valence electrons. The van der Waals surface area contributed by atoms with E-state index in [1.165, 1.54) is 7.11 Å². The fourth-order valence-electron chi connectivity index (χ4n) is 1.67. The van der Waals surface area contributed by atoms with Crippen LogP contribution in [0.5, 0.6) is 0 Å². The highest BCUT2D eigenvalue weighted by Crippen LogP contribution is 2.25. The number of carbonyl (C=O) groups excluding carboxylic acids is 2. The number of esters is 2. The Labute approximate surface area is 89.2 Å². The second-order valence-electron chi connectivity index (χ2n) is 3.45. The normalized spacial score (nSPS) is 20.4. The highest BCUT2D eigenvalue weighted by molar-refractivity contribution is 5.89. The Kier molecular flexibility index (Phi) is 4.34. The SMILES string of the molecule is CCOC(=O)C1CCC=C(C(=O)OC)C1. The first-order chi connectivity index (χ1) is 7.19. The van der Waals surface area contributed by atoms with Gasteiger partial charge in [0.2, 0.25) is 0 Å². The third-order valence-electron chi connectivity index (χ3n) is 2.44. The van der Waals surface area contributed by atoms with Crippen LogP contribution in [0.15, 0.2) is 11.6 Å². The van der Waals surface area contributed by atoms with E-state index in [4.69, 9.17) is 4.74 Å². The summed E-state index contributed by atoms with van der Waals surface area (Å²) in [5.41, 5.74) is 0.585. The molecule has 0 amide bonds. The molecule has 0 saturated heterocycles. The van der Waals surface area contributed by atoms with Crippen LogP contribution < -0.4 is 0 Å². The van der Waals surface area contributed by atoms with Gasteiger partial charge in [0.1, 0.15) is 0 Å². The van der Waals surface area contributed by atoms with Crippen molar-refractivity contribution in [3.63, 3.8) is 0 Å². The Balaban J connectivity index is 2.57. The average Bonchev–Trinajstić information content (AvgIpc) is 2.28. The molecule has 15 heavy (non-hydrogen) atoms. The van der Waals surface area contributed by atoms with E-state index in [0.717, 1.165) is 12.8 Å². The molecular weight excluding hydrogens is 196 g/mol. The van der Waals surface area contributed by atoms with E-state index in [1.54, 1.807) is 6.92 Å². The lowest BCUT2D eigenvalue weighted by Gasteiger charge is -2.19. The van der Waals surface area contributed by atoms with Crippen LogP contribution in [0.2, 0.25) is 0 Å². The first-order valence-electron chi connectivity index (χ1n) is 5.13. The Bertz CT molecular complexity index is 280. The van der Waals surface area contributed by atoms with Crippen molar-refractivity contribution < 1.29 is 19.1 Å². The van der Waals surface area contributed by atoms with Gasteiger partial charge in [-0.3, -0.25) is 4.79 Å². The molecule has 0 aromatic carbocycles. The van der Waals surface area contributed by atoms with Gasteiger partial charge >= 0.3 is 11.9 Å². The molecule has 1 aliphatic rings. The molecule has 0 aromatic heterocycles. The van der Waals surface area contributed by atoms with Gasteiger partial charge in [0.05, 0.1) is 19.6 Å². The molecule has 1 atom stereocenters. The molecule has 1 aliphatic carbocycles. The summed E-state index contributed by atoms with van der Waals surface area (Å²) in [7, 11) is 1.34. The lowest BCUT2D eigenvalue weighted by Crippen LogP contribution is -2.23. The van der Waals surface area contributed by atoms with Crippen molar-refractivity contribution in [2.45, 2.75) is 26.2 Å². The predicted molar refractivity (Wildman–Crippen MR) is 54.1 cm³/mol. The summed E-state index contributed by atoms with van der Waals surface area (Å²) >= 11 is 0. The second kappa shape index (κ2) is 5.53. The maximum Gasteiger partial charge on any atom is 0.333 e. The predicted octanol–water partition coefficient (Wildman–Crippen LogP) is 1.45. The first-order valence-corrected chi connectivity index (χ1v) is 5.13. The maximum absolute atomic E-state index is 11.5. The minimum Gasteiger partial charge on any atom is -0.466 e. The van der Waals surface area contributed by atoms with Gasteiger partial charge < -0.3 is 9.47 Å². The van der Waals surface area contributed by atoms with Crippen molar-refractivity contribution >= 4 is 11.9 Å². The van der Waals surface area contributed by atoms with E-state index >= 15 is 0 Å². The third kappa shape index (κ3) is 3.08. The molecule has 0 radical (unpaired) electrons. The lowest BCUT2D eigenvalue weighted by molar-refractivity contribution is -0.148. The zero-order valence-electron chi connectivity index (χ0n) is 9.12. The molecule has 0 bridgehead atoms. The standard InChI is InChI=1S/C11H16O4/c1-3-15-11(13)9-6-4-5-8(7-9)10(12)14-2/h5,9H,3-4,6-7H2,1-2H3. The van der Waals surface area contributed by atoms with Gasteiger partial charge in [-0.25, -0.2) is 4.79 Å². The van der Waals surface area contributed by atoms with Crippen LogP contribution in [0.3, 0.4) is 0 Å². The topological polar surface area (TPSA) is 52.6 Å². The summed E-state index contributed by atoms with van der Waals surface area (Å²) in [5.74, 6) is -0.750. The maximum atomic E-state index is 11.5. The Hall–Kier alpha value is -1.32. The molecule has 0 aliphatic heterocycles. The molecule has 4 heteroatoms. The monoisotopic (exact) mass is 212 g/mol. The Morgan fingerprint density at radius 1 is 1.53 bits per heavy atom. The van der Waals surface area contributed by atoms with Crippen molar-refractivity contribution in [1.82, 2.24) is 0 Å². The third-order valence-corrected chi connectivity index (χ3v) is 2.44. The van der Waals surface area contributed by atoms with Gasteiger partial charge in [-0.05, 0) is 26.2 Å². The minimum absolute atomic E-state index is 0.191. The second-order valence-corrected chi connectivity index (χ2v) is 3.45. The summed E-state index contributed by atoms with van der Waals surface area (Å²) in [6, 6.07) is 0. The lowest BCUT2D eigenvalue weighted by atomic mass is 9.89. The van der Waals surface area contributed by atoms with Crippen LogP contribution in [0, 0.1) is 5.92 Å². The van der Waals surface area contributed by atoms with Crippen LogP contribution in [0.4, 0.5) is 0 Å². The van der Waals surface area contributed by atoms with Gasteiger partial charge in [-0.2, -0.15) is 0 Å². The van der Waals surface area contributed by atoms with Gasteiger partial charge in [-0.1, -0.05) is 6.08 Å². The fourth-order valence-corrected chi connectivity index (χ4v) is 1.67. The van der Waals surface area contributed by atoms with Crippen LogP contribution >= 0.6 is 0 Å². The Morgan fingerprint density at radius 2 is 2.27 bits per heavy atom. The van der Waals surface area contributed by atoms with E-state index in [-0.39, 0.29) is 17.9 Å². The van der Waals surface area contributed by atoms with Crippen molar-refractivity contribution in [2.75, 3.05) is 13.7 Å². The van der Waals surface area contributed by atoms with Crippen LogP contribution in [-0.4, -0.2) is 25.7 Å². The molecular formula is C11H16O4. The summed E-state index contributed by atoms with van der Waals surface area (Å²) in [4.78, 5) is 22.7. The number of rotatable bonds is 3. The quantitative estimate of drug-likeness (QED) is 0.664. The highest BCUT2D eigenvalue weighted by Gasteiger charge is 2.26. The molecule has 0 fully saturated rings. The zero-order chi connectivity index (χ0) is 11.3. The highest BCUT2D eigenvalue weighted by atomic mass is 16.5. The van der Waals surface area contributed by atoms with E-state index in [9.17, 15) is 9.59 Å². The molecule has 0 spiro atoms. The molecule has 0 heterocycles. The molecule has 0 N–H and O–H groups in total. The molecule has 0 saturated carbocycles. The molecule has 1 unspecified atom stereocenters. The zero-order valence-corrected chi connectivity index (χ0v) is 9.12. The summed E-state index contributed by atoms with van der Waals surface area (Å²) in [5, 5.41) is 0. The van der Waals surface area contributed by atoms with E-state index in [2.05, 4.69) is 4.74 Å². The summed E-state index contributed by atoms with van der Waals surface area (Å²) < 4.78 is 9.54. The molecule has 0 aromatic rings. The number of hydrogen-bond acceptors (Lipinski definition) is 4. The van der Waals surface area contributed by atoms with Crippen LogP contribution in [0.25, 0.3) is 0 Å². The van der Waals surface area contributed by atoms with Gasteiger partial charge in [0.25, 0.3) is 0 Å². The van der Waals surface area contributed by atoms with Crippen molar-refractivity contribution in [3.8, 4) is 0 Å². The fraction of sp³-hybridized carbons (Fsp3) is 0.636. The average molecular weight is 212 g/mol. The number of methoxy groups -OCH3 is 1. The van der Waals surface area contributed by atoms with Gasteiger partial charge in [0.15, 0.2) is 0 Å². The minimum atomic E-state index is -0.344. The first kappa shape index (κ1) is 11.8. The van der Waals surface area contributed by atoms with Crippen molar-refractivity contribution in [2.24, 2.45) is 5.92 Å². The van der Waals surface area contributed by atoms with Crippen molar-refractivity contribution in [3.05, 3.63) is 11.6 Å². The number of allylic oxidation sites excluding steroid dienone is 1. The van der Waals surface area contributed by atoms with Gasteiger partial charge in [-0.15, -0.1) is 0 Å². The molecule has 4 nitrogen and oxygen atoms in total. The largest absolute Gasteiger partial charge is 0.466 e. The van der Waals surface area contributed by atoms with E-state index in [1.807, 2.05) is 6.08 Å². The summed E-state index contributed by atoms with van der Waals surface area (Å²) in [6.07, 6.45) is 3.75. The van der Waals surface area contributed by atoms with Gasteiger partial charge in [0, 0.05) is 5.57 Å². The van der Waals surface area contributed by atoms with Crippen LogP contribution in [0.1, 0.15) is 26.2 Å². The summed E-state index contributed by atoms with van der Waals surface area (Å²) in [6.45, 7) is 2.16. The van der Waals surface area contributed by atoms with E-state index < -0.39 is 0 Å².